The Hall–Kier alpha value is -4.27. The average molecular weight is 825 g/mol. The highest BCUT2D eigenvalue weighted by molar-refractivity contribution is 6.34. The highest BCUT2D eigenvalue weighted by atomic mass is 35.5. The fourth-order valence-electron chi connectivity index (χ4n) is 7.73. The number of aryl methyl sites for hydroxylation is 3. The molecular weight excluding hydrogens is 764 g/mol. The van der Waals surface area contributed by atoms with Crippen LogP contribution in [0.1, 0.15) is 97.4 Å². The minimum Gasteiger partial charge on any atom is -0.457 e. The summed E-state index contributed by atoms with van der Waals surface area (Å²) in [6, 6.07) is 2.87. The molecule has 0 radical (unpaired) electrons. The van der Waals surface area contributed by atoms with Gasteiger partial charge in [-0.1, -0.05) is 74.4 Å². The fourth-order valence-corrected chi connectivity index (χ4v) is 7.96. The molecule has 3 aliphatic rings. The molecule has 0 aliphatic carbocycles. The average Bonchev–Trinajstić information content (AvgIpc) is 3.65. The molecule has 15 heteroatoms. The van der Waals surface area contributed by atoms with Crippen molar-refractivity contribution >= 4 is 41.2 Å². The Labute approximate surface area is 347 Å². The molecule has 1 aromatic carbocycles. The molecule has 0 spiro atoms. The Kier molecular flexibility index (Phi) is 14.2. The van der Waals surface area contributed by atoms with Gasteiger partial charge in [0.25, 0.3) is 0 Å². The zero-order chi connectivity index (χ0) is 42.7. The van der Waals surface area contributed by atoms with Crippen molar-refractivity contribution in [1.29, 1.82) is 0 Å². The molecule has 2 N–H and O–H groups in total. The zero-order valence-electron chi connectivity index (χ0n) is 35.6. The first-order valence-electron chi connectivity index (χ1n) is 20.4. The van der Waals surface area contributed by atoms with Crippen molar-refractivity contribution in [3.63, 3.8) is 0 Å². The van der Waals surface area contributed by atoms with Crippen LogP contribution in [0.15, 0.2) is 42.1 Å². The first-order chi connectivity index (χ1) is 27.2. The number of nitrogens with one attached hydrogen (secondary N) is 1. The molecule has 2 aromatic rings. The molecule has 8 atom stereocenters. The number of carbonyl (C=O) groups is 4. The predicted molar refractivity (Wildman–Crippen MR) is 220 cm³/mol. The van der Waals surface area contributed by atoms with Crippen LogP contribution in [0, 0.1) is 24.7 Å². The lowest BCUT2D eigenvalue weighted by atomic mass is 9.82. The third kappa shape index (κ3) is 10.5. The van der Waals surface area contributed by atoms with Gasteiger partial charge in [-0.3, -0.25) is 19.6 Å². The summed E-state index contributed by atoms with van der Waals surface area (Å²) in [5.74, 6) is -1.71. The van der Waals surface area contributed by atoms with Crippen molar-refractivity contribution in [3.05, 3.63) is 64.0 Å². The number of hydrogen-bond acceptors (Lipinski definition) is 10. The summed E-state index contributed by atoms with van der Waals surface area (Å²) in [5.41, 5.74) is 1.40. The van der Waals surface area contributed by atoms with Gasteiger partial charge in [-0.05, 0) is 76.5 Å². The number of aliphatic hydroxyl groups is 1. The monoisotopic (exact) mass is 824 g/mol. The lowest BCUT2D eigenvalue weighted by Crippen LogP contribution is -2.60. The van der Waals surface area contributed by atoms with Gasteiger partial charge in [0.15, 0.2) is 0 Å². The van der Waals surface area contributed by atoms with Crippen LogP contribution >= 0.6 is 11.6 Å². The number of anilines is 1. The van der Waals surface area contributed by atoms with E-state index in [9.17, 15) is 24.3 Å². The molecule has 1 aromatic heterocycles. The van der Waals surface area contributed by atoms with E-state index in [1.165, 1.54) is 9.80 Å². The molecule has 3 amide bonds. The minimum atomic E-state index is -1.61. The van der Waals surface area contributed by atoms with Gasteiger partial charge in [0.2, 0.25) is 11.8 Å². The number of carbonyl (C=O) groups excluding carboxylic acids is 4. The van der Waals surface area contributed by atoms with Crippen molar-refractivity contribution in [3.8, 4) is 0 Å². The van der Waals surface area contributed by atoms with Crippen molar-refractivity contribution in [2.45, 2.75) is 143 Å². The predicted octanol–water partition coefficient (Wildman–Crippen LogP) is 6.10. The number of epoxide rings is 1. The van der Waals surface area contributed by atoms with E-state index in [0.717, 1.165) is 35.2 Å². The number of rotatable bonds is 10. The molecule has 1 unspecified atom stereocenters. The molecule has 0 saturated carbocycles. The van der Waals surface area contributed by atoms with Crippen LogP contribution in [-0.4, -0.2) is 98.7 Å². The Balaban J connectivity index is 1.37. The van der Waals surface area contributed by atoms with Crippen LogP contribution in [0.3, 0.4) is 0 Å². The number of alkyl carbamates (subject to hydrolysis) is 1. The summed E-state index contributed by atoms with van der Waals surface area (Å²) in [4.78, 5) is 57.1. The third-order valence-electron chi connectivity index (χ3n) is 12.0. The summed E-state index contributed by atoms with van der Waals surface area (Å²) >= 11 is 6.80. The smallest absolute Gasteiger partial charge is 0.409 e. The van der Waals surface area contributed by atoms with Gasteiger partial charge in [-0.25, -0.2) is 9.59 Å². The van der Waals surface area contributed by atoms with Crippen LogP contribution in [0.25, 0.3) is 0 Å². The molecular formula is C43H61ClN6O8. The number of esters is 1. The second-order valence-corrected chi connectivity index (χ2v) is 17.5. The molecule has 2 fully saturated rings. The summed E-state index contributed by atoms with van der Waals surface area (Å²) < 4.78 is 19.9. The highest BCUT2D eigenvalue weighted by Gasteiger charge is 2.64. The SMILES string of the molecule is C/C1=C\C=C\[C@@H](C)[C@@]2(O)C[C@H](OC(=O)N2)[C@@H](C)[C@@H]2O[C@@]2(C)[C@@H](OC(=O)C(C)N(C)C(=O)CCCn2cc(CCC(C)C)nn2)CC(=O)N(C)c2cc(cc(C)c2Cl)C1. The second kappa shape index (κ2) is 18.3. The van der Waals surface area contributed by atoms with E-state index >= 15 is 0 Å². The van der Waals surface area contributed by atoms with Crippen LogP contribution in [-0.2, 0) is 48.0 Å². The van der Waals surface area contributed by atoms with Crippen LogP contribution in [0.5, 0.6) is 0 Å². The number of amides is 3. The Morgan fingerprint density at radius 2 is 1.91 bits per heavy atom. The summed E-state index contributed by atoms with van der Waals surface area (Å²) in [6.45, 7) is 15.7. The molecule has 58 heavy (non-hydrogen) atoms. The van der Waals surface area contributed by atoms with E-state index in [4.69, 9.17) is 25.8 Å². The number of nitrogens with zero attached hydrogens (tertiary/aromatic N) is 5. The Bertz CT molecular complexity index is 1910. The second-order valence-electron chi connectivity index (χ2n) is 17.2. The fraction of sp³-hybridized carbons (Fsp3) is 0.628. The van der Waals surface area contributed by atoms with Crippen molar-refractivity contribution < 1.29 is 38.5 Å². The zero-order valence-corrected chi connectivity index (χ0v) is 36.3. The van der Waals surface area contributed by atoms with Crippen LogP contribution < -0.4 is 10.2 Å². The van der Waals surface area contributed by atoms with Crippen LogP contribution in [0.4, 0.5) is 10.5 Å². The molecule has 14 nitrogen and oxygen atoms in total. The Morgan fingerprint density at radius 1 is 1.19 bits per heavy atom. The minimum absolute atomic E-state index is 0.0694. The quantitative estimate of drug-likeness (QED) is 0.211. The Morgan fingerprint density at radius 3 is 2.62 bits per heavy atom. The van der Waals surface area contributed by atoms with E-state index in [1.807, 2.05) is 64.3 Å². The number of hydrogen-bond donors (Lipinski definition) is 2. The largest absolute Gasteiger partial charge is 0.457 e. The summed E-state index contributed by atoms with van der Waals surface area (Å²) in [6.07, 6.45) is 7.22. The van der Waals surface area contributed by atoms with Crippen molar-refractivity contribution in [2.75, 3.05) is 19.0 Å². The lowest BCUT2D eigenvalue weighted by Gasteiger charge is -2.41. The summed E-state index contributed by atoms with van der Waals surface area (Å²) in [5, 5.41) is 23.2. The molecule has 4 bridgehead atoms. The number of halogens is 1. The van der Waals surface area contributed by atoms with Gasteiger partial charge in [0, 0.05) is 51.5 Å². The number of ether oxygens (including phenoxy) is 3. The maximum Gasteiger partial charge on any atom is 0.409 e. The van der Waals surface area contributed by atoms with E-state index in [0.29, 0.717) is 36.0 Å². The number of aromatic nitrogens is 3. The molecule has 3 aliphatic heterocycles. The lowest BCUT2D eigenvalue weighted by molar-refractivity contribution is -0.162. The first kappa shape index (κ1) is 44.8. The van der Waals surface area contributed by atoms with Gasteiger partial charge in [-0.2, -0.15) is 0 Å². The molecule has 2 saturated heterocycles. The molecule has 318 valence electrons. The van der Waals surface area contributed by atoms with Gasteiger partial charge in [0.05, 0.1) is 28.9 Å². The van der Waals surface area contributed by atoms with E-state index in [2.05, 4.69) is 29.5 Å². The number of allylic oxidation sites excluding steroid dienone is 3. The maximum atomic E-state index is 14.2. The van der Waals surface area contributed by atoms with E-state index in [-0.39, 0.29) is 31.1 Å². The van der Waals surface area contributed by atoms with Crippen LogP contribution in [0.2, 0.25) is 5.02 Å². The number of fused-ring (bicyclic) bond motifs is 5. The van der Waals surface area contributed by atoms with Gasteiger partial charge >= 0.3 is 12.1 Å². The van der Waals surface area contributed by atoms with E-state index < -0.39 is 59.6 Å². The van der Waals surface area contributed by atoms with Crippen molar-refractivity contribution in [1.82, 2.24) is 25.2 Å². The number of benzene rings is 1. The first-order valence-corrected chi connectivity index (χ1v) is 20.7. The summed E-state index contributed by atoms with van der Waals surface area (Å²) in [7, 11) is 3.18. The third-order valence-corrected chi connectivity index (χ3v) is 12.5. The topological polar surface area (TPSA) is 169 Å². The molecule has 4 heterocycles. The maximum absolute atomic E-state index is 14.2. The highest BCUT2D eigenvalue weighted by Crippen LogP contribution is 2.49. The van der Waals surface area contributed by atoms with E-state index in [1.54, 1.807) is 32.6 Å². The van der Waals surface area contributed by atoms with Gasteiger partial charge in [-0.15, -0.1) is 5.10 Å². The normalized spacial score (nSPS) is 29.7. The van der Waals surface area contributed by atoms with Gasteiger partial charge in [0.1, 0.15) is 29.6 Å². The number of likely N-dealkylation sites (N-methyl/N-ethyl adjacent to an activating group) is 1. The van der Waals surface area contributed by atoms with Crippen molar-refractivity contribution in [2.24, 2.45) is 17.8 Å². The standard InChI is InChI=1S/C43H61ClN6O8/c1-25(2)16-17-32-24-50(47-46-32)18-12-15-36(51)48(9)30(7)40(53)57-35-22-37(52)49(10)33-21-31(20-27(4)38(33)44)19-26(3)13-11-14-28(5)43(55)23-34(56-41(54)45-43)29(6)39-42(35,8)58-39/h11,13-14,20-21,24-25,28-30,34-35,39,55H,12,15-19,22-23H2,1-10H3,(H,45,54)/b14-11+,26-13+/t28-,29-,30?,34+,35+,39+,42+,43+/m1/s1. The van der Waals surface area contributed by atoms with Gasteiger partial charge < -0.3 is 29.1 Å². The molecule has 5 rings (SSSR count).